The van der Waals surface area contributed by atoms with Crippen molar-refractivity contribution in [2.45, 2.75) is 172 Å². The fourth-order valence-electron chi connectivity index (χ4n) is 8.14. The molecule has 0 saturated heterocycles. The third-order valence-corrected chi connectivity index (χ3v) is 12.3. The normalized spacial score (nSPS) is 13.4. The van der Waals surface area contributed by atoms with Crippen molar-refractivity contribution in [2.24, 2.45) is 0 Å². The van der Waals surface area contributed by atoms with E-state index in [1.54, 1.807) is 6.07 Å². The van der Waals surface area contributed by atoms with Gasteiger partial charge in [0.1, 0.15) is 17.1 Å². The number of benzene rings is 4. The molecule has 1 atom stereocenters. The van der Waals surface area contributed by atoms with Crippen molar-refractivity contribution < 1.29 is 124 Å². The van der Waals surface area contributed by atoms with Gasteiger partial charge in [-0.2, -0.15) is 124 Å². The summed E-state index contributed by atoms with van der Waals surface area (Å²) in [4.78, 5) is -0.150. The lowest BCUT2D eigenvalue weighted by molar-refractivity contribution is -0.834. The Kier molecular flexibility index (Phi) is 25.9. The number of rotatable bonds is 26. The second-order valence-corrected chi connectivity index (χ2v) is 18.9. The van der Waals surface area contributed by atoms with Crippen LogP contribution in [0, 0.1) is 6.07 Å². The zero-order valence-corrected chi connectivity index (χ0v) is 43.7. The van der Waals surface area contributed by atoms with Gasteiger partial charge in [-0.25, -0.2) is 0 Å². The molecule has 0 spiro atoms. The zero-order chi connectivity index (χ0) is 62.1. The lowest BCUT2D eigenvalue weighted by Gasteiger charge is -2.27. The van der Waals surface area contributed by atoms with E-state index in [1.165, 1.54) is 0 Å². The number of hydrogen-bond acceptors (Lipinski definition) is 3. The van der Waals surface area contributed by atoms with Gasteiger partial charge in [0.2, 0.25) is 0 Å². The summed E-state index contributed by atoms with van der Waals surface area (Å²) in [6.07, 6.45) is -30.3. The predicted octanol–water partition coefficient (Wildman–Crippen LogP) is 20.0. The topological polar surface area (TPSA) is 32.1 Å². The molecule has 0 amide bonds. The summed E-state index contributed by atoms with van der Waals surface area (Å²) < 4.78 is 342. The van der Waals surface area contributed by atoms with Gasteiger partial charge >= 0.3 is 56.7 Å². The molecular formula is C53H56BF24NO3. The first kappa shape index (κ1) is 70.9. The molecule has 0 radical (unpaired) electrons. The lowest BCUT2D eigenvalue weighted by Crippen LogP contribution is -3.07. The minimum atomic E-state index is -5.62. The maximum Gasteiger partial charge on any atom is 0.864 e. The lowest BCUT2D eigenvalue weighted by atomic mass is 10.0. The predicted molar refractivity (Wildman–Crippen MR) is 252 cm³/mol. The van der Waals surface area contributed by atoms with Crippen molar-refractivity contribution in [1.82, 2.24) is 0 Å². The third kappa shape index (κ3) is 24.1. The van der Waals surface area contributed by atoms with Gasteiger partial charge in [-0.05, 0) is 74.2 Å². The van der Waals surface area contributed by atoms with Crippen molar-refractivity contribution in [3.05, 3.63) is 117 Å². The van der Waals surface area contributed by atoms with Crippen LogP contribution in [-0.4, -0.2) is 20.4 Å². The molecule has 29 heteroatoms. The summed E-state index contributed by atoms with van der Waals surface area (Å²) in [6, 6.07) is 1.18. The van der Waals surface area contributed by atoms with E-state index >= 15 is 13.2 Å². The zero-order valence-electron chi connectivity index (χ0n) is 43.7. The van der Waals surface area contributed by atoms with E-state index in [0.29, 0.717) is 37.8 Å². The van der Waals surface area contributed by atoms with Crippen LogP contribution < -0.4 is 18.9 Å². The Hall–Kier alpha value is -5.38. The molecule has 4 aromatic carbocycles. The Morgan fingerprint density at radius 3 is 0.902 bits per heavy atom. The molecule has 0 bridgehead atoms. The van der Waals surface area contributed by atoms with Crippen molar-refractivity contribution in [3.63, 3.8) is 0 Å². The third-order valence-electron chi connectivity index (χ3n) is 12.3. The summed E-state index contributed by atoms with van der Waals surface area (Å²) in [6.45, 7) is 3.61. The quantitative estimate of drug-likeness (QED) is 0.0294. The number of quaternary nitrogens is 1. The molecule has 0 fully saturated rings. The summed E-state index contributed by atoms with van der Waals surface area (Å²) in [7, 11) is -3.26. The second-order valence-electron chi connectivity index (χ2n) is 18.9. The van der Waals surface area contributed by atoms with Crippen LogP contribution in [0.5, 0.6) is 17.2 Å². The largest absolute Gasteiger partial charge is 0.864 e. The average Bonchev–Trinajstić information content (AvgIpc) is 2.47. The van der Waals surface area contributed by atoms with Crippen molar-refractivity contribution in [1.29, 1.82) is 0 Å². The molecule has 4 rings (SSSR count). The van der Waals surface area contributed by atoms with Crippen LogP contribution in [0.3, 0.4) is 0 Å². The van der Waals surface area contributed by atoms with Gasteiger partial charge in [-0.3, -0.25) is 4.90 Å². The Morgan fingerprint density at radius 2 is 0.610 bits per heavy atom. The summed E-state index contributed by atoms with van der Waals surface area (Å²) in [5, 5.41) is 0. The summed E-state index contributed by atoms with van der Waals surface area (Å²) in [5.41, 5.74) is -16.1. The highest BCUT2D eigenvalue weighted by Crippen LogP contribution is 2.45. The van der Waals surface area contributed by atoms with Gasteiger partial charge in [-0.1, -0.05) is 108 Å². The van der Waals surface area contributed by atoms with Crippen LogP contribution in [0.15, 0.2) is 66.7 Å². The van der Waals surface area contributed by atoms with Crippen LogP contribution in [0.1, 0.15) is 168 Å². The van der Waals surface area contributed by atoms with E-state index in [1.807, 2.05) is 6.92 Å². The van der Waals surface area contributed by atoms with Crippen LogP contribution in [-0.2, 0) is 49.4 Å². The van der Waals surface area contributed by atoms with Crippen LogP contribution in [0.25, 0.3) is 0 Å². The highest BCUT2D eigenvalue weighted by molar-refractivity contribution is 6.39. The number of halogens is 24. The Labute approximate surface area is 456 Å². The van der Waals surface area contributed by atoms with Gasteiger partial charge in [0, 0.05) is 0 Å². The van der Waals surface area contributed by atoms with Gasteiger partial charge in [0.25, 0.3) is 0 Å². The van der Waals surface area contributed by atoms with Crippen molar-refractivity contribution >= 4 is 13.0 Å². The maximum atomic E-state index is 15.1. The van der Waals surface area contributed by atoms with E-state index in [-0.39, 0.29) is 73.3 Å². The van der Waals surface area contributed by atoms with E-state index in [2.05, 4.69) is 6.92 Å². The number of nitrogens with one attached hydrogen (secondary N) is 1. The first-order valence-electron chi connectivity index (χ1n) is 25.6. The molecule has 0 aliphatic carbocycles. The van der Waals surface area contributed by atoms with Crippen molar-refractivity contribution in [2.75, 3.05) is 13.1 Å². The van der Waals surface area contributed by atoms with E-state index in [4.69, 9.17) is 14.0 Å². The van der Waals surface area contributed by atoms with Crippen LogP contribution in [0.2, 0.25) is 0 Å². The molecule has 462 valence electrons. The molecule has 0 heterocycles. The molecule has 0 aliphatic rings. The molecule has 4 nitrogen and oxygen atoms in total. The van der Waals surface area contributed by atoms with Gasteiger partial charge in [0.05, 0.1) is 40.9 Å². The fourth-order valence-corrected chi connectivity index (χ4v) is 8.14. The van der Waals surface area contributed by atoms with Gasteiger partial charge < -0.3 is 14.0 Å². The maximum absolute atomic E-state index is 15.1. The minimum absolute atomic E-state index is 0.00733. The molecule has 0 aromatic heterocycles. The SMILES string of the molecule is CCCCCCCCCCCCC[NH+](CCCCCCCC)c1c(OB(Oc2cc(C(F)(F)F)cc(C(F)(F)F)c2)Oc2cc(C(F)(F)F)cc(C(F)(F)F)c2)cc(C(F)(F)F)cc1C(F)(F)F.FC(F)(F)c1c[c-]cc(C(F)(F)F)c1. The molecule has 82 heavy (non-hydrogen) atoms. The molecule has 1 N–H and O–H groups in total. The highest BCUT2D eigenvalue weighted by atomic mass is 19.4. The minimum Gasteiger partial charge on any atom is -0.490 e. The Bertz CT molecular complexity index is 2390. The average molecular weight is 1220 g/mol. The summed E-state index contributed by atoms with van der Waals surface area (Å²) >= 11 is 0. The fraction of sp³-hybridized carbons (Fsp3) is 0.547. The van der Waals surface area contributed by atoms with E-state index in [0.717, 1.165) is 70.6 Å². The molecule has 0 saturated carbocycles. The van der Waals surface area contributed by atoms with E-state index < -0.39 is 136 Å². The van der Waals surface area contributed by atoms with Crippen LogP contribution in [0.4, 0.5) is 111 Å². The smallest absolute Gasteiger partial charge is 0.490 e. The monoisotopic (exact) mass is 1220 g/mol. The Morgan fingerprint density at radius 1 is 0.329 bits per heavy atom. The van der Waals surface area contributed by atoms with Crippen LogP contribution >= 0.6 is 0 Å². The second kappa shape index (κ2) is 29.9. The van der Waals surface area contributed by atoms with Gasteiger partial charge in [-0.15, -0.1) is 6.07 Å². The standard InChI is InChI=1S/C45H52BF18NO3.C8H3F6/c1-3-5-7-9-11-12-13-14-15-17-19-21-65(20-18-16-10-8-6-4-2)39-37(45(62,63)64)28-34(44(59,60)61)29-38(39)68-46(66-35-24-30(40(47,48)49)22-31(25-35)41(50,51)52)67-36-26-32(42(53,54)55)23-33(27-36)43(56,57)58;9-7(10,11)5-2-1-3-6(4-5)8(12,13)14/h22-29H,3-21H2,1-2H3;2-4H/q;-1/p+1. The first-order chi connectivity index (χ1) is 37.7. The number of unbranched alkanes of at least 4 members (excludes halogenated alkanes) is 15. The van der Waals surface area contributed by atoms with Gasteiger partial charge in [0.15, 0.2) is 11.4 Å². The highest BCUT2D eigenvalue weighted by Gasteiger charge is 2.47. The summed E-state index contributed by atoms with van der Waals surface area (Å²) in [5.74, 6) is -4.59. The molecule has 1 unspecified atom stereocenters. The first-order valence-corrected chi connectivity index (χ1v) is 25.6. The Balaban J connectivity index is 0.00000109. The number of alkyl halides is 24. The molecule has 0 aliphatic heterocycles. The number of hydrogen-bond donors (Lipinski definition) is 1. The molecule has 4 aromatic rings. The van der Waals surface area contributed by atoms with Crippen molar-refractivity contribution in [3.8, 4) is 17.2 Å². The molecular weight excluding hydrogens is 1170 g/mol. The van der Waals surface area contributed by atoms with E-state index in [9.17, 15) is 92.2 Å².